The number of nitrogens with zero attached hydrogens (tertiary/aromatic N) is 1. The molecule has 88 valence electrons. The molecule has 3 heteroatoms. The number of piperidine rings is 1. The molecule has 0 bridgehead atoms. The van der Waals surface area contributed by atoms with Gasteiger partial charge in [-0.05, 0) is 37.3 Å². The van der Waals surface area contributed by atoms with Crippen LogP contribution in [0.2, 0.25) is 0 Å². The van der Waals surface area contributed by atoms with E-state index in [0.717, 1.165) is 42.9 Å². The van der Waals surface area contributed by atoms with Crippen LogP contribution < -0.4 is 10.6 Å². The molecule has 1 aromatic rings. The summed E-state index contributed by atoms with van der Waals surface area (Å²) < 4.78 is 0. The lowest BCUT2D eigenvalue weighted by Gasteiger charge is -2.33. The van der Waals surface area contributed by atoms with Gasteiger partial charge in [0.25, 0.3) is 0 Å². The van der Waals surface area contributed by atoms with Crippen molar-refractivity contribution in [3.8, 4) is 0 Å². The second-order valence-electron chi connectivity index (χ2n) is 4.62. The molecule has 0 amide bonds. The van der Waals surface area contributed by atoms with E-state index >= 15 is 0 Å². The molecule has 0 unspecified atom stereocenters. The monoisotopic (exact) mass is 220 g/mol. The average molecular weight is 220 g/mol. The van der Waals surface area contributed by atoms with Crippen LogP contribution in [0.25, 0.3) is 0 Å². The van der Waals surface area contributed by atoms with E-state index in [0.29, 0.717) is 12.5 Å². The molecular weight excluding hydrogens is 200 g/mol. The number of nitrogen functional groups attached to an aromatic ring is 1. The Bertz CT molecular complexity index is 357. The molecule has 1 aliphatic rings. The number of aliphatic hydroxyl groups is 1. The van der Waals surface area contributed by atoms with Crippen molar-refractivity contribution in [3.63, 3.8) is 0 Å². The largest absolute Gasteiger partial charge is 0.397 e. The van der Waals surface area contributed by atoms with E-state index in [2.05, 4.69) is 17.0 Å². The van der Waals surface area contributed by atoms with Crippen LogP contribution in [0.4, 0.5) is 11.4 Å². The number of para-hydroxylation sites is 1. The fraction of sp³-hybridized carbons (Fsp3) is 0.538. The molecule has 1 fully saturated rings. The zero-order chi connectivity index (χ0) is 11.5. The molecule has 0 aromatic heterocycles. The van der Waals surface area contributed by atoms with Crippen molar-refractivity contribution < 1.29 is 5.11 Å². The van der Waals surface area contributed by atoms with Crippen molar-refractivity contribution in [2.24, 2.45) is 5.92 Å². The molecule has 1 aliphatic heterocycles. The molecule has 16 heavy (non-hydrogen) atoms. The van der Waals surface area contributed by atoms with Crippen LogP contribution in [0.1, 0.15) is 18.4 Å². The number of hydrogen-bond donors (Lipinski definition) is 2. The van der Waals surface area contributed by atoms with E-state index in [9.17, 15) is 0 Å². The topological polar surface area (TPSA) is 49.5 Å². The molecule has 3 N–H and O–H groups in total. The normalized spacial score (nSPS) is 17.8. The average Bonchev–Trinajstić information content (AvgIpc) is 2.33. The SMILES string of the molecule is Cc1cccc(N2CCC(CO)CC2)c1N. The first-order valence-electron chi connectivity index (χ1n) is 5.93. The van der Waals surface area contributed by atoms with Gasteiger partial charge in [0.05, 0.1) is 11.4 Å². The molecule has 1 aromatic carbocycles. The zero-order valence-corrected chi connectivity index (χ0v) is 9.82. The lowest BCUT2D eigenvalue weighted by Crippen LogP contribution is -2.35. The maximum absolute atomic E-state index is 9.10. The minimum atomic E-state index is 0.317. The van der Waals surface area contributed by atoms with Gasteiger partial charge in [-0.15, -0.1) is 0 Å². The Labute approximate surface area is 96.9 Å². The van der Waals surface area contributed by atoms with E-state index in [1.54, 1.807) is 0 Å². The highest BCUT2D eigenvalue weighted by Gasteiger charge is 2.20. The number of aliphatic hydroxyl groups excluding tert-OH is 1. The molecular formula is C13H20N2O. The van der Waals surface area contributed by atoms with E-state index in [1.165, 1.54) is 0 Å². The minimum absolute atomic E-state index is 0.317. The summed E-state index contributed by atoms with van der Waals surface area (Å²) in [6.07, 6.45) is 2.12. The van der Waals surface area contributed by atoms with Gasteiger partial charge in [0.2, 0.25) is 0 Å². The van der Waals surface area contributed by atoms with Gasteiger partial charge in [-0.1, -0.05) is 12.1 Å². The molecule has 2 rings (SSSR count). The summed E-state index contributed by atoms with van der Waals surface area (Å²) in [5.41, 5.74) is 9.27. The van der Waals surface area contributed by atoms with E-state index in [4.69, 9.17) is 10.8 Å². The van der Waals surface area contributed by atoms with Gasteiger partial charge in [-0.2, -0.15) is 0 Å². The molecule has 0 aliphatic carbocycles. The van der Waals surface area contributed by atoms with Crippen molar-refractivity contribution in [1.82, 2.24) is 0 Å². The highest BCUT2D eigenvalue weighted by atomic mass is 16.3. The minimum Gasteiger partial charge on any atom is -0.397 e. The predicted molar refractivity (Wildman–Crippen MR) is 67.6 cm³/mol. The lowest BCUT2D eigenvalue weighted by atomic mass is 9.97. The van der Waals surface area contributed by atoms with Gasteiger partial charge in [0, 0.05) is 19.7 Å². The second-order valence-corrected chi connectivity index (χ2v) is 4.62. The third-order valence-electron chi connectivity index (χ3n) is 3.51. The summed E-state index contributed by atoms with van der Waals surface area (Å²) in [6.45, 7) is 4.36. The summed E-state index contributed by atoms with van der Waals surface area (Å²) >= 11 is 0. The van der Waals surface area contributed by atoms with Crippen molar-refractivity contribution in [3.05, 3.63) is 23.8 Å². The number of nitrogens with two attached hydrogens (primary N) is 1. The fourth-order valence-corrected chi connectivity index (χ4v) is 2.30. The maximum Gasteiger partial charge on any atom is 0.0602 e. The van der Waals surface area contributed by atoms with E-state index in [-0.39, 0.29) is 0 Å². The van der Waals surface area contributed by atoms with Crippen LogP contribution in [-0.2, 0) is 0 Å². The lowest BCUT2D eigenvalue weighted by molar-refractivity contribution is 0.203. The summed E-state index contributed by atoms with van der Waals surface area (Å²) in [6, 6.07) is 6.18. The van der Waals surface area contributed by atoms with E-state index in [1.807, 2.05) is 13.0 Å². The molecule has 3 nitrogen and oxygen atoms in total. The summed E-state index contributed by atoms with van der Waals surface area (Å²) in [5.74, 6) is 0.474. The van der Waals surface area contributed by atoms with Gasteiger partial charge in [0.1, 0.15) is 0 Å². The fourth-order valence-electron chi connectivity index (χ4n) is 2.30. The van der Waals surface area contributed by atoms with Crippen LogP contribution in [0, 0.1) is 12.8 Å². The van der Waals surface area contributed by atoms with Gasteiger partial charge in [-0.3, -0.25) is 0 Å². The molecule has 0 radical (unpaired) electrons. The van der Waals surface area contributed by atoms with Crippen molar-refractivity contribution in [2.45, 2.75) is 19.8 Å². The molecule has 1 saturated heterocycles. The number of aryl methyl sites for hydroxylation is 1. The Morgan fingerprint density at radius 1 is 1.38 bits per heavy atom. The smallest absolute Gasteiger partial charge is 0.0602 e. The first-order valence-corrected chi connectivity index (χ1v) is 5.93. The third kappa shape index (κ3) is 2.14. The quantitative estimate of drug-likeness (QED) is 0.747. The van der Waals surface area contributed by atoms with Crippen LogP contribution >= 0.6 is 0 Å². The molecule has 0 atom stereocenters. The van der Waals surface area contributed by atoms with Crippen molar-refractivity contribution in [2.75, 3.05) is 30.3 Å². The second kappa shape index (κ2) is 4.74. The standard InChI is InChI=1S/C13H20N2O/c1-10-3-2-4-12(13(10)14)15-7-5-11(9-16)6-8-15/h2-4,11,16H,5-9,14H2,1H3. The Morgan fingerprint density at radius 2 is 2.06 bits per heavy atom. The summed E-state index contributed by atoms with van der Waals surface area (Å²) in [4.78, 5) is 2.33. The predicted octanol–water partition coefficient (Wildman–Crippen LogP) is 1.79. The number of benzene rings is 1. The molecule has 0 spiro atoms. The van der Waals surface area contributed by atoms with Gasteiger partial charge < -0.3 is 15.7 Å². The van der Waals surface area contributed by atoms with Crippen LogP contribution in [0.5, 0.6) is 0 Å². The molecule has 1 heterocycles. The number of hydrogen-bond acceptors (Lipinski definition) is 3. The van der Waals surface area contributed by atoms with Crippen LogP contribution in [0.3, 0.4) is 0 Å². The van der Waals surface area contributed by atoms with Crippen molar-refractivity contribution in [1.29, 1.82) is 0 Å². The molecule has 0 saturated carbocycles. The Kier molecular flexibility index (Phi) is 3.34. The zero-order valence-electron chi connectivity index (χ0n) is 9.82. The Morgan fingerprint density at radius 3 is 2.69 bits per heavy atom. The highest BCUT2D eigenvalue weighted by molar-refractivity contribution is 5.71. The van der Waals surface area contributed by atoms with Crippen LogP contribution in [-0.4, -0.2) is 24.8 Å². The highest BCUT2D eigenvalue weighted by Crippen LogP contribution is 2.29. The Hall–Kier alpha value is -1.22. The Balaban J connectivity index is 2.11. The first kappa shape index (κ1) is 11.3. The first-order chi connectivity index (χ1) is 7.72. The van der Waals surface area contributed by atoms with Crippen molar-refractivity contribution >= 4 is 11.4 Å². The summed E-state index contributed by atoms with van der Waals surface area (Å²) in [7, 11) is 0. The van der Waals surface area contributed by atoms with Gasteiger partial charge in [-0.25, -0.2) is 0 Å². The summed E-state index contributed by atoms with van der Waals surface area (Å²) in [5, 5.41) is 9.10. The number of rotatable bonds is 2. The van der Waals surface area contributed by atoms with E-state index < -0.39 is 0 Å². The number of anilines is 2. The maximum atomic E-state index is 9.10. The van der Waals surface area contributed by atoms with Crippen LogP contribution in [0.15, 0.2) is 18.2 Å². The third-order valence-corrected chi connectivity index (χ3v) is 3.51. The van der Waals surface area contributed by atoms with Gasteiger partial charge >= 0.3 is 0 Å². The van der Waals surface area contributed by atoms with Gasteiger partial charge in [0.15, 0.2) is 0 Å².